The molecule has 0 aliphatic heterocycles. The summed E-state index contributed by atoms with van der Waals surface area (Å²) in [6, 6.07) is 7.12. The van der Waals surface area contributed by atoms with E-state index in [4.69, 9.17) is 0 Å². The normalized spacial score (nSPS) is 13.1. The molecule has 0 radical (unpaired) electrons. The van der Waals surface area contributed by atoms with Gasteiger partial charge in [0.1, 0.15) is 5.75 Å². The average Bonchev–Trinajstić information content (AvgIpc) is 2.28. The largest absolute Gasteiger partial charge is 0.435 e. The van der Waals surface area contributed by atoms with Gasteiger partial charge in [0.2, 0.25) is 0 Å². The molecule has 1 N–H and O–H groups in total. The molecule has 0 saturated heterocycles. The van der Waals surface area contributed by atoms with Crippen molar-refractivity contribution in [3.8, 4) is 5.75 Å². The monoisotopic (exact) mass is 257 g/mol. The molecular formula is C14H21F2NO. The number of ether oxygens (including phenoxy) is 1. The summed E-state index contributed by atoms with van der Waals surface area (Å²) >= 11 is 0. The van der Waals surface area contributed by atoms with Crippen molar-refractivity contribution in [1.29, 1.82) is 0 Å². The summed E-state index contributed by atoms with van der Waals surface area (Å²) in [6.07, 6.45) is 1.02. The highest BCUT2D eigenvalue weighted by molar-refractivity contribution is 5.29. The number of hydrogen-bond acceptors (Lipinski definition) is 2. The molecule has 0 amide bonds. The topological polar surface area (TPSA) is 21.3 Å². The highest BCUT2D eigenvalue weighted by Crippen LogP contribution is 2.24. The van der Waals surface area contributed by atoms with Crippen LogP contribution in [0.1, 0.15) is 38.8 Å². The van der Waals surface area contributed by atoms with Crippen LogP contribution < -0.4 is 10.1 Å². The Bertz CT molecular complexity index is 338. The van der Waals surface area contributed by atoms with Crippen LogP contribution in [0.2, 0.25) is 0 Å². The van der Waals surface area contributed by atoms with Crippen molar-refractivity contribution in [2.75, 3.05) is 6.54 Å². The minimum absolute atomic E-state index is 0.202. The molecule has 0 aromatic heterocycles. The molecule has 1 atom stereocenters. The van der Waals surface area contributed by atoms with Crippen molar-refractivity contribution in [3.05, 3.63) is 29.8 Å². The molecule has 0 fully saturated rings. The van der Waals surface area contributed by atoms with E-state index in [2.05, 4.69) is 30.8 Å². The third kappa shape index (κ3) is 5.00. The molecule has 1 aromatic carbocycles. The van der Waals surface area contributed by atoms with Gasteiger partial charge in [0.25, 0.3) is 0 Å². The maximum Gasteiger partial charge on any atom is 0.387 e. The van der Waals surface area contributed by atoms with Crippen molar-refractivity contribution in [2.24, 2.45) is 5.92 Å². The zero-order chi connectivity index (χ0) is 13.5. The highest BCUT2D eigenvalue weighted by atomic mass is 19.3. The van der Waals surface area contributed by atoms with Crippen molar-refractivity contribution in [2.45, 2.75) is 39.8 Å². The van der Waals surface area contributed by atoms with Crippen molar-refractivity contribution in [3.63, 3.8) is 0 Å². The third-order valence-corrected chi connectivity index (χ3v) is 2.67. The van der Waals surface area contributed by atoms with E-state index in [1.165, 1.54) is 0 Å². The lowest BCUT2D eigenvalue weighted by atomic mass is 9.97. The zero-order valence-corrected chi connectivity index (χ0v) is 11.1. The molecule has 0 saturated carbocycles. The Hall–Kier alpha value is -1.16. The van der Waals surface area contributed by atoms with Crippen LogP contribution in [-0.2, 0) is 0 Å². The van der Waals surface area contributed by atoms with Crippen molar-refractivity contribution >= 4 is 0 Å². The van der Waals surface area contributed by atoms with Gasteiger partial charge >= 0.3 is 6.61 Å². The zero-order valence-electron chi connectivity index (χ0n) is 11.1. The molecule has 0 aliphatic carbocycles. The summed E-state index contributed by atoms with van der Waals surface area (Å²) in [7, 11) is 0. The smallest absolute Gasteiger partial charge is 0.387 e. The first-order valence-electron chi connectivity index (χ1n) is 6.31. The van der Waals surface area contributed by atoms with Gasteiger partial charge in [-0.25, -0.2) is 0 Å². The highest BCUT2D eigenvalue weighted by Gasteiger charge is 2.12. The molecule has 18 heavy (non-hydrogen) atoms. The number of rotatable bonds is 7. The van der Waals surface area contributed by atoms with E-state index < -0.39 is 6.61 Å². The molecule has 1 unspecified atom stereocenters. The SMILES string of the molecule is CCNC(CC(C)C)c1ccc(OC(F)F)cc1. The van der Waals surface area contributed by atoms with Crippen LogP contribution in [-0.4, -0.2) is 13.2 Å². The van der Waals surface area contributed by atoms with E-state index >= 15 is 0 Å². The first-order valence-corrected chi connectivity index (χ1v) is 6.31. The summed E-state index contributed by atoms with van der Waals surface area (Å²) in [5.74, 6) is 0.777. The predicted molar refractivity (Wildman–Crippen MR) is 68.9 cm³/mol. The van der Waals surface area contributed by atoms with E-state index in [1.807, 2.05) is 12.1 Å². The average molecular weight is 257 g/mol. The predicted octanol–water partition coefficient (Wildman–Crippen LogP) is 3.98. The summed E-state index contributed by atoms with van der Waals surface area (Å²) in [5.41, 5.74) is 1.10. The Morgan fingerprint density at radius 1 is 1.17 bits per heavy atom. The van der Waals surface area contributed by atoms with Gasteiger partial charge in [-0.3, -0.25) is 0 Å². The quantitative estimate of drug-likeness (QED) is 0.797. The molecule has 2 nitrogen and oxygen atoms in total. The number of hydrogen-bond donors (Lipinski definition) is 1. The van der Waals surface area contributed by atoms with Crippen LogP contribution in [0.25, 0.3) is 0 Å². The fraction of sp³-hybridized carbons (Fsp3) is 0.571. The molecule has 1 aromatic rings. The van der Waals surface area contributed by atoms with Gasteiger partial charge in [-0.1, -0.05) is 32.9 Å². The first kappa shape index (κ1) is 14.9. The fourth-order valence-electron chi connectivity index (χ4n) is 1.94. The van der Waals surface area contributed by atoms with Gasteiger partial charge in [0.05, 0.1) is 0 Å². The van der Waals surface area contributed by atoms with Gasteiger partial charge in [-0.15, -0.1) is 0 Å². The summed E-state index contributed by atoms with van der Waals surface area (Å²) in [6.45, 7) is 4.50. The number of alkyl halides is 2. The number of halogens is 2. The minimum atomic E-state index is -2.77. The van der Waals surface area contributed by atoms with Crippen molar-refractivity contribution in [1.82, 2.24) is 5.32 Å². The molecule has 4 heteroatoms. The van der Waals surface area contributed by atoms with E-state index in [0.717, 1.165) is 18.5 Å². The number of nitrogens with one attached hydrogen (secondary N) is 1. The summed E-state index contributed by atoms with van der Waals surface area (Å²) in [4.78, 5) is 0. The van der Waals surface area contributed by atoms with Gasteiger partial charge in [-0.2, -0.15) is 8.78 Å². The molecule has 1 rings (SSSR count). The fourth-order valence-corrected chi connectivity index (χ4v) is 1.94. The van der Waals surface area contributed by atoms with Crippen LogP contribution in [0, 0.1) is 5.92 Å². The Morgan fingerprint density at radius 3 is 2.22 bits per heavy atom. The molecule has 0 heterocycles. The molecule has 0 bridgehead atoms. The van der Waals surface area contributed by atoms with E-state index in [1.54, 1.807) is 12.1 Å². The summed E-state index contributed by atoms with van der Waals surface area (Å²) < 4.78 is 28.4. The lowest BCUT2D eigenvalue weighted by Crippen LogP contribution is -2.22. The second kappa shape index (κ2) is 7.31. The third-order valence-electron chi connectivity index (χ3n) is 2.67. The Labute approximate surface area is 107 Å². The van der Waals surface area contributed by atoms with Gasteiger partial charge in [0, 0.05) is 6.04 Å². The van der Waals surface area contributed by atoms with Crippen LogP contribution >= 0.6 is 0 Å². The van der Waals surface area contributed by atoms with Crippen LogP contribution in [0.15, 0.2) is 24.3 Å². The second-order valence-electron chi connectivity index (χ2n) is 4.69. The van der Waals surface area contributed by atoms with Crippen LogP contribution in [0.3, 0.4) is 0 Å². The van der Waals surface area contributed by atoms with Crippen LogP contribution in [0.4, 0.5) is 8.78 Å². The Balaban J connectivity index is 2.73. The molecule has 102 valence electrons. The Kier molecular flexibility index (Phi) is 6.05. The molecule has 0 aliphatic rings. The lowest BCUT2D eigenvalue weighted by molar-refractivity contribution is -0.0498. The van der Waals surface area contributed by atoms with Gasteiger partial charge in [0.15, 0.2) is 0 Å². The van der Waals surface area contributed by atoms with Gasteiger partial charge < -0.3 is 10.1 Å². The maximum absolute atomic E-state index is 12.0. The summed E-state index contributed by atoms with van der Waals surface area (Å²) in [5, 5.41) is 3.40. The molecule has 0 spiro atoms. The van der Waals surface area contributed by atoms with E-state index in [-0.39, 0.29) is 11.8 Å². The number of benzene rings is 1. The Morgan fingerprint density at radius 2 is 1.78 bits per heavy atom. The lowest BCUT2D eigenvalue weighted by Gasteiger charge is -2.20. The minimum Gasteiger partial charge on any atom is -0.435 e. The van der Waals surface area contributed by atoms with Crippen molar-refractivity contribution < 1.29 is 13.5 Å². The van der Waals surface area contributed by atoms with Crippen LogP contribution in [0.5, 0.6) is 5.75 Å². The maximum atomic E-state index is 12.0. The second-order valence-corrected chi connectivity index (χ2v) is 4.69. The molecular weight excluding hydrogens is 236 g/mol. The standard InChI is InChI=1S/C14H21F2NO/c1-4-17-13(9-10(2)3)11-5-7-12(8-6-11)18-14(15)16/h5-8,10,13-14,17H,4,9H2,1-3H3. The van der Waals surface area contributed by atoms with E-state index in [9.17, 15) is 8.78 Å². The van der Waals surface area contributed by atoms with E-state index in [0.29, 0.717) is 5.92 Å². The van der Waals surface area contributed by atoms with Gasteiger partial charge in [-0.05, 0) is 36.6 Å². The first-order chi connectivity index (χ1) is 8.52.